The molecule has 0 amide bonds. The van der Waals surface area contributed by atoms with E-state index in [0.29, 0.717) is 24.5 Å². The number of aromatic nitrogens is 1. The van der Waals surface area contributed by atoms with Crippen molar-refractivity contribution >= 4 is 32.9 Å². The summed E-state index contributed by atoms with van der Waals surface area (Å²) in [5, 5.41) is 1.63. The van der Waals surface area contributed by atoms with Crippen molar-refractivity contribution in [1.82, 2.24) is 9.88 Å². The number of nitrogens with zero attached hydrogens (tertiary/aromatic N) is 3. The van der Waals surface area contributed by atoms with E-state index in [2.05, 4.69) is 19.5 Å². The molecule has 6 nitrogen and oxygen atoms in total. The number of benzene rings is 2. The van der Waals surface area contributed by atoms with Crippen LogP contribution >= 0.6 is 11.3 Å². The first-order chi connectivity index (χ1) is 15.2. The number of anilines is 2. The molecule has 1 aliphatic rings. The molecule has 3 aromatic rings. The molecule has 1 saturated heterocycles. The van der Waals surface area contributed by atoms with Gasteiger partial charge >= 0.3 is 0 Å². The monoisotopic (exact) mass is 478 g/mol. The smallest absolute Gasteiger partial charge is 0.263 e. The minimum Gasteiger partial charge on any atom is -0.370 e. The lowest BCUT2D eigenvalue weighted by atomic mass is 10.1. The Hall–Kier alpha value is -2.56. The van der Waals surface area contributed by atoms with E-state index < -0.39 is 21.7 Å². The number of hydrogen-bond acceptors (Lipinski definition) is 6. The van der Waals surface area contributed by atoms with Gasteiger partial charge in [0.25, 0.3) is 10.0 Å². The first-order valence-corrected chi connectivity index (χ1v) is 12.6. The zero-order valence-corrected chi connectivity index (χ0v) is 19.4. The summed E-state index contributed by atoms with van der Waals surface area (Å²) < 4.78 is 55.2. The molecule has 170 valence electrons. The molecule has 0 radical (unpaired) electrons. The number of sulfonamides is 1. The molecule has 10 heteroatoms. The van der Waals surface area contributed by atoms with Crippen molar-refractivity contribution in [3.05, 3.63) is 70.1 Å². The minimum absolute atomic E-state index is 0.176. The van der Waals surface area contributed by atoms with Gasteiger partial charge in [-0.05, 0) is 55.3 Å². The second-order valence-corrected chi connectivity index (χ2v) is 10.4. The predicted molar refractivity (Wildman–Crippen MR) is 123 cm³/mol. The number of likely N-dealkylation sites (N-methyl/N-ethyl adjacent to an activating group) is 1. The summed E-state index contributed by atoms with van der Waals surface area (Å²) in [5.74, 6) is -0.541. The molecule has 0 saturated carbocycles. The second-order valence-electron chi connectivity index (χ2n) is 7.95. The molecule has 0 aliphatic carbocycles. The van der Waals surface area contributed by atoms with Crippen molar-refractivity contribution in [1.29, 1.82) is 0 Å². The van der Waals surface area contributed by atoms with E-state index in [1.165, 1.54) is 17.4 Å². The van der Waals surface area contributed by atoms with Crippen LogP contribution in [0.5, 0.6) is 0 Å². The third-order valence-electron chi connectivity index (χ3n) is 5.73. The van der Waals surface area contributed by atoms with Crippen LogP contribution in [0.2, 0.25) is 0 Å². The van der Waals surface area contributed by atoms with Crippen molar-refractivity contribution < 1.29 is 17.2 Å². The van der Waals surface area contributed by atoms with E-state index in [1.807, 2.05) is 14.0 Å². The van der Waals surface area contributed by atoms with Crippen LogP contribution in [0.1, 0.15) is 17.5 Å². The largest absolute Gasteiger partial charge is 0.370 e. The van der Waals surface area contributed by atoms with E-state index in [4.69, 9.17) is 0 Å². The Kier molecular flexibility index (Phi) is 6.45. The number of aryl methyl sites for hydroxylation is 1. The van der Waals surface area contributed by atoms with Crippen molar-refractivity contribution in [2.75, 3.05) is 29.8 Å². The van der Waals surface area contributed by atoms with Gasteiger partial charge in [0.1, 0.15) is 11.6 Å². The standard InChI is InChI=1S/C22H24F2N4O2S2/c1-15-9-19(32(29,30)26-22-13-31-14-25-22)4-6-21(15)27(2)18-7-8-28(12-18)11-16-10-17(23)3-5-20(16)24/h3-6,9-10,13-14,18,26H,7-8,11-12H2,1-2H3. The number of likely N-dealkylation sites (tertiary alicyclic amines) is 1. The predicted octanol–water partition coefficient (Wildman–Crippen LogP) is 4.24. The molecule has 32 heavy (non-hydrogen) atoms. The highest BCUT2D eigenvalue weighted by Gasteiger charge is 2.28. The van der Waals surface area contributed by atoms with E-state index in [0.717, 1.165) is 36.3 Å². The lowest BCUT2D eigenvalue weighted by Crippen LogP contribution is -2.35. The van der Waals surface area contributed by atoms with Crippen LogP contribution in [0.3, 0.4) is 0 Å². The fourth-order valence-electron chi connectivity index (χ4n) is 4.02. The molecule has 0 bridgehead atoms. The summed E-state index contributed by atoms with van der Waals surface area (Å²) >= 11 is 1.31. The highest BCUT2D eigenvalue weighted by Crippen LogP contribution is 2.28. The Morgan fingerprint density at radius 3 is 2.78 bits per heavy atom. The number of halogens is 2. The molecule has 4 rings (SSSR count). The first kappa shape index (κ1) is 22.6. The zero-order chi connectivity index (χ0) is 22.9. The molecule has 1 unspecified atom stereocenters. The maximum atomic E-state index is 14.0. The van der Waals surface area contributed by atoms with Gasteiger partial charge in [-0.15, -0.1) is 11.3 Å². The van der Waals surface area contributed by atoms with Crippen molar-refractivity contribution in [3.8, 4) is 0 Å². The number of rotatable bonds is 7. The van der Waals surface area contributed by atoms with Gasteiger partial charge in [0.15, 0.2) is 5.82 Å². The maximum Gasteiger partial charge on any atom is 0.263 e. The van der Waals surface area contributed by atoms with Crippen molar-refractivity contribution in [2.45, 2.75) is 30.8 Å². The van der Waals surface area contributed by atoms with Crippen LogP contribution < -0.4 is 9.62 Å². The molecule has 2 aromatic carbocycles. The Bertz CT molecular complexity index is 1200. The normalized spacial score (nSPS) is 16.9. The summed E-state index contributed by atoms with van der Waals surface area (Å²) in [6.45, 7) is 3.71. The highest BCUT2D eigenvalue weighted by atomic mass is 32.2. The van der Waals surface area contributed by atoms with Crippen LogP contribution in [0.4, 0.5) is 20.3 Å². The summed E-state index contributed by atoms with van der Waals surface area (Å²) in [4.78, 5) is 8.37. The number of thiazole rings is 1. The zero-order valence-electron chi connectivity index (χ0n) is 17.8. The molecule has 1 fully saturated rings. The topological polar surface area (TPSA) is 65.5 Å². The van der Waals surface area contributed by atoms with Gasteiger partial charge in [0, 0.05) is 49.4 Å². The summed E-state index contributed by atoms with van der Waals surface area (Å²) in [6.07, 6.45) is 0.873. The van der Waals surface area contributed by atoms with E-state index in [9.17, 15) is 17.2 Å². The third kappa shape index (κ3) is 4.92. The summed E-state index contributed by atoms with van der Waals surface area (Å²) in [5.41, 5.74) is 3.69. The van der Waals surface area contributed by atoms with Gasteiger partial charge in [-0.3, -0.25) is 9.62 Å². The van der Waals surface area contributed by atoms with Gasteiger partial charge in [0.2, 0.25) is 0 Å². The highest BCUT2D eigenvalue weighted by molar-refractivity contribution is 7.92. The van der Waals surface area contributed by atoms with Crippen molar-refractivity contribution in [3.63, 3.8) is 0 Å². The Morgan fingerprint density at radius 2 is 2.06 bits per heavy atom. The fraction of sp³-hybridized carbons (Fsp3) is 0.318. The average molecular weight is 479 g/mol. The van der Waals surface area contributed by atoms with Gasteiger partial charge in [-0.25, -0.2) is 22.2 Å². The molecule has 1 aromatic heterocycles. The fourth-order valence-corrected chi connectivity index (χ4v) is 5.67. The van der Waals surface area contributed by atoms with Crippen LogP contribution in [0, 0.1) is 18.6 Å². The van der Waals surface area contributed by atoms with Gasteiger partial charge in [-0.1, -0.05) is 0 Å². The number of hydrogen-bond donors (Lipinski definition) is 1. The molecule has 2 heterocycles. The van der Waals surface area contributed by atoms with Gasteiger partial charge in [0.05, 0.1) is 10.4 Å². The molecule has 0 spiro atoms. The molecular weight excluding hydrogens is 454 g/mol. The molecule has 1 aliphatic heterocycles. The summed E-state index contributed by atoms with van der Waals surface area (Å²) in [7, 11) is -1.74. The van der Waals surface area contributed by atoms with Gasteiger partial charge in [-0.2, -0.15) is 0 Å². The first-order valence-electron chi connectivity index (χ1n) is 10.1. The number of nitrogens with one attached hydrogen (secondary N) is 1. The van der Waals surface area contributed by atoms with Crippen LogP contribution in [-0.4, -0.2) is 44.5 Å². The maximum absolute atomic E-state index is 14.0. The van der Waals surface area contributed by atoms with Crippen molar-refractivity contribution in [2.24, 2.45) is 0 Å². The Labute approximate surface area is 190 Å². The quantitative estimate of drug-likeness (QED) is 0.550. The molecule has 1 atom stereocenters. The van der Waals surface area contributed by atoms with Crippen LogP contribution in [0.25, 0.3) is 0 Å². The average Bonchev–Trinajstić information content (AvgIpc) is 3.42. The third-order valence-corrected chi connectivity index (χ3v) is 7.67. The molecule has 1 N–H and O–H groups in total. The van der Waals surface area contributed by atoms with E-state index >= 15 is 0 Å². The Morgan fingerprint density at radius 1 is 1.25 bits per heavy atom. The van der Waals surface area contributed by atoms with E-state index in [1.54, 1.807) is 29.1 Å². The molecular formula is C22H24F2N4O2S2. The minimum atomic E-state index is -3.72. The SMILES string of the molecule is Cc1cc(S(=O)(=O)Nc2cscn2)ccc1N(C)C1CCN(Cc2cc(F)ccc2F)C1. The van der Waals surface area contributed by atoms with Crippen LogP contribution in [-0.2, 0) is 16.6 Å². The second kappa shape index (κ2) is 9.13. The lowest BCUT2D eigenvalue weighted by molar-refractivity contribution is 0.319. The van der Waals surface area contributed by atoms with Gasteiger partial charge < -0.3 is 4.90 Å². The van der Waals surface area contributed by atoms with E-state index in [-0.39, 0.29) is 10.9 Å². The Balaban J connectivity index is 1.44. The van der Waals surface area contributed by atoms with Crippen LogP contribution in [0.15, 0.2) is 52.2 Å². The lowest BCUT2D eigenvalue weighted by Gasteiger charge is -2.29. The summed E-state index contributed by atoms with van der Waals surface area (Å²) in [6, 6.07) is 8.75.